The van der Waals surface area contributed by atoms with Crippen LogP contribution in [0.2, 0.25) is 0 Å². The van der Waals surface area contributed by atoms with E-state index in [1.54, 1.807) is 5.32 Å². The Bertz CT molecular complexity index is 178. The minimum atomic E-state index is -1.65. The van der Waals surface area contributed by atoms with Crippen LogP contribution in [0.4, 0.5) is 0 Å². The van der Waals surface area contributed by atoms with Crippen LogP contribution in [0.25, 0.3) is 0 Å². The number of carbonyl (C=O) groups excluding carboxylic acids is 3. The van der Waals surface area contributed by atoms with Gasteiger partial charge in [0.2, 0.25) is 6.41 Å². The molecule has 0 aliphatic carbocycles. The van der Waals surface area contributed by atoms with Crippen molar-refractivity contribution in [2.45, 2.75) is 12.5 Å². The Balaban J connectivity index is 3.99. The molecular weight excluding hydrogens is 154 g/mol. The first-order valence-electron chi connectivity index (χ1n) is 2.68. The maximum Gasteiger partial charge on any atom is 0.207 e. The predicted molar refractivity (Wildman–Crippen MR) is 27.6 cm³/mol. The summed E-state index contributed by atoms with van der Waals surface area (Å²) in [4.78, 5) is 29.5. The molecule has 0 fully saturated rings. The largest absolute Gasteiger partial charge is 0.550 e. The van der Waals surface area contributed by atoms with Gasteiger partial charge in [0.15, 0.2) is 0 Å². The second-order valence-corrected chi connectivity index (χ2v) is 1.73. The summed E-state index contributed by atoms with van der Waals surface area (Å²) < 4.78 is 0. The fraction of sp³-hybridized carbons (Fsp3) is 0.400. The molecule has 11 heavy (non-hydrogen) atoms. The topological polar surface area (TPSA) is 109 Å². The first-order valence-corrected chi connectivity index (χ1v) is 2.68. The molecule has 0 bridgehead atoms. The Morgan fingerprint density at radius 1 is 1.45 bits per heavy atom. The smallest absolute Gasteiger partial charge is 0.207 e. The van der Waals surface area contributed by atoms with E-state index >= 15 is 0 Å². The zero-order chi connectivity index (χ0) is 8.85. The minimum absolute atomic E-state index is 0.0867. The van der Waals surface area contributed by atoms with Crippen molar-refractivity contribution in [1.82, 2.24) is 5.32 Å². The zero-order valence-electron chi connectivity index (χ0n) is 5.40. The van der Waals surface area contributed by atoms with Gasteiger partial charge in [-0.15, -0.1) is 0 Å². The van der Waals surface area contributed by atoms with Crippen molar-refractivity contribution in [3.05, 3.63) is 0 Å². The van der Waals surface area contributed by atoms with Crippen LogP contribution >= 0.6 is 0 Å². The van der Waals surface area contributed by atoms with Gasteiger partial charge in [0.1, 0.15) is 0 Å². The molecule has 1 amide bonds. The first kappa shape index (κ1) is 9.41. The van der Waals surface area contributed by atoms with Crippen molar-refractivity contribution in [2.75, 3.05) is 0 Å². The quantitative estimate of drug-likeness (QED) is 0.411. The molecule has 62 valence electrons. The van der Waals surface area contributed by atoms with E-state index in [9.17, 15) is 24.6 Å². The molecule has 0 aromatic rings. The Morgan fingerprint density at radius 2 is 2.00 bits per heavy atom. The van der Waals surface area contributed by atoms with Crippen molar-refractivity contribution in [2.24, 2.45) is 0 Å². The van der Waals surface area contributed by atoms with Crippen LogP contribution in [0.5, 0.6) is 0 Å². The van der Waals surface area contributed by atoms with Gasteiger partial charge in [0.05, 0.1) is 12.0 Å². The molecule has 6 nitrogen and oxygen atoms in total. The number of rotatable bonds is 5. The summed E-state index contributed by atoms with van der Waals surface area (Å²) in [6.07, 6.45) is -0.704. The van der Waals surface area contributed by atoms with Crippen LogP contribution in [-0.4, -0.2) is 24.4 Å². The number of hydrogen-bond donors (Lipinski definition) is 1. The molecule has 0 spiro atoms. The molecule has 1 atom stereocenters. The van der Waals surface area contributed by atoms with E-state index in [1.165, 1.54) is 0 Å². The maximum atomic E-state index is 10.0. The standard InChI is InChI=1S/C5H7NO5/c7-2-6-3(5(10)11)1-4(8)9/h2-3H,1H2,(H,6,7)(H,8,9)(H,10,11)/p-2/t3-/m0/s1. The normalized spacial score (nSPS) is 11.6. The van der Waals surface area contributed by atoms with Crippen molar-refractivity contribution < 1.29 is 24.6 Å². The van der Waals surface area contributed by atoms with Gasteiger partial charge >= 0.3 is 0 Å². The molecular formula is C5H5NO5-2. The van der Waals surface area contributed by atoms with E-state index in [4.69, 9.17) is 0 Å². The maximum absolute atomic E-state index is 10.0. The summed E-state index contributed by atoms with van der Waals surface area (Å²) in [6, 6.07) is -1.52. The van der Waals surface area contributed by atoms with Gasteiger partial charge < -0.3 is 25.1 Å². The molecule has 0 unspecified atom stereocenters. The zero-order valence-corrected chi connectivity index (χ0v) is 5.40. The van der Waals surface area contributed by atoms with Crippen LogP contribution in [0, 0.1) is 0 Å². The monoisotopic (exact) mass is 159 g/mol. The van der Waals surface area contributed by atoms with Gasteiger partial charge in [-0.1, -0.05) is 0 Å². The SMILES string of the molecule is O=CN[C@@H](CC(=O)[O-])C(=O)[O-]. The molecule has 0 rings (SSSR count). The van der Waals surface area contributed by atoms with E-state index in [1.807, 2.05) is 0 Å². The number of carboxylic acids is 2. The Hall–Kier alpha value is -1.59. The molecule has 0 aliphatic rings. The second kappa shape index (κ2) is 4.26. The Morgan fingerprint density at radius 3 is 2.27 bits per heavy atom. The van der Waals surface area contributed by atoms with Crippen molar-refractivity contribution in [3.63, 3.8) is 0 Å². The van der Waals surface area contributed by atoms with Gasteiger partial charge in [0, 0.05) is 12.4 Å². The van der Waals surface area contributed by atoms with Gasteiger partial charge in [-0.25, -0.2) is 0 Å². The highest BCUT2D eigenvalue weighted by atomic mass is 16.4. The molecule has 0 saturated heterocycles. The molecule has 0 aromatic heterocycles. The van der Waals surface area contributed by atoms with Crippen LogP contribution in [0.15, 0.2) is 0 Å². The fourth-order valence-corrected chi connectivity index (χ4v) is 0.459. The highest BCUT2D eigenvalue weighted by Gasteiger charge is 2.07. The van der Waals surface area contributed by atoms with Crippen molar-refractivity contribution in [1.29, 1.82) is 0 Å². The summed E-state index contributed by atoms with van der Waals surface area (Å²) in [5, 5.41) is 21.6. The molecule has 0 aromatic carbocycles. The number of nitrogens with one attached hydrogen (secondary N) is 1. The summed E-state index contributed by atoms with van der Waals surface area (Å²) in [5.74, 6) is -3.21. The first-order chi connectivity index (χ1) is 5.07. The number of amides is 1. The van der Waals surface area contributed by atoms with Crippen LogP contribution in [0.1, 0.15) is 6.42 Å². The number of aliphatic carboxylic acids is 2. The van der Waals surface area contributed by atoms with E-state index in [-0.39, 0.29) is 6.41 Å². The lowest BCUT2D eigenvalue weighted by atomic mass is 10.2. The minimum Gasteiger partial charge on any atom is -0.550 e. The van der Waals surface area contributed by atoms with E-state index < -0.39 is 24.4 Å². The predicted octanol–water partition coefficient (Wildman–Crippen LogP) is -4.01. The molecule has 0 heterocycles. The van der Waals surface area contributed by atoms with Gasteiger partial charge in [-0.3, -0.25) is 4.79 Å². The summed E-state index contributed by atoms with van der Waals surface area (Å²) in [7, 11) is 0. The highest BCUT2D eigenvalue weighted by Crippen LogP contribution is 1.86. The van der Waals surface area contributed by atoms with Crippen molar-refractivity contribution in [3.8, 4) is 0 Å². The number of hydrogen-bond acceptors (Lipinski definition) is 5. The van der Waals surface area contributed by atoms with Crippen LogP contribution in [0.3, 0.4) is 0 Å². The fourth-order valence-electron chi connectivity index (χ4n) is 0.459. The molecule has 1 N–H and O–H groups in total. The third-order valence-electron chi connectivity index (χ3n) is 0.925. The average molecular weight is 159 g/mol. The molecule has 6 heteroatoms. The summed E-state index contributed by atoms with van der Waals surface area (Å²) in [5.41, 5.74) is 0. The van der Waals surface area contributed by atoms with E-state index in [0.717, 1.165) is 0 Å². The van der Waals surface area contributed by atoms with E-state index in [0.29, 0.717) is 0 Å². The Labute approximate surface area is 61.8 Å². The molecule has 0 aliphatic heterocycles. The van der Waals surface area contributed by atoms with Crippen LogP contribution < -0.4 is 15.5 Å². The summed E-state index contributed by atoms with van der Waals surface area (Å²) in [6.45, 7) is 0. The lowest BCUT2D eigenvalue weighted by Crippen LogP contribution is -2.48. The Kier molecular flexibility index (Phi) is 3.65. The summed E-state index contributed by atoms with van der Waals surface area (Å²) >= 11 is 0. The second-order valence-electron chi connectivity index (χ2n) is 1.73. The highest BCUT2D eigenvalue weighted by molar-refractivity contribution is 5.80. The molecule has 0 saturated carbocycles. The third-order valence-corrected chi connectivity index (χ3v) is 0.925. The van der Waals surface area contributed by atoms with Crippen molar-refractivity contribution >= 4 is 18.3 Å². The lowest BCUT2D eigenvalue weighted by molar-refractivity contribution is -0.317. The molecule has 0 radical (unpaired) electrons. The van der Waals surface area contributed by atoms with E-state index in [2.05, 4.69) is 0 Å². The lowest BCUT2D eigenvalue weighted by Gasteiger charge is -2.16. The number of carbonyl (C=O) groups is 3. The average Bonchev–Trinajstić information content (AvgIpc) is 1.86. The van der Waals surface area contributed by atoms with Crippen LogP contribution in [-0.2, 0) is 14.4 Å². The van der Waals surface area contributed by atoms with Gasteiger partial charge in [-0.2, -0.15) is 0 Å². The third kappa shape index (κ3) is 3.90. The van der Waals surface area contributed by atoms with Gasteiger partial charge in [0.25, 0.3) is 0 Å². The van der Waals surface area contributed by atoms with Gasteiger partial charge in [-0.05, 0) is 0 Å². The number of carboxylic acid groups (broad SMARTS) is 2.